The molecule has 2 aromatic heterocycles. The lowest BCUT2D eigenvalue weighted by Gasteiger charge is -2.25. The van der Waals surface area contributed by atoms with E-state index in [2.05, 4.69) is 16.9 Å². The van der Waals surface area contributed by atoms with E-state index in [0.29, 0.717) is 24.4 Å². The van der Waals surface area contributed by atoms with Crippen LogP contribution in [0.4, 0.5) is 10.2 Å². The molecular weight excluding hydrogens is 395 g/mol. The number of aromatic nitrogens is 2. The molecule has 1 aliphatic heterocycles. The molecule has 0 spiro atoms. The molecule has 3 aromatic rings. The number of halogens is 1. The van der Waals surface area contributed by atoms with Gasteiger partial charge in [-0.25, -0.2) is 14.4 Å². The fraction of sp³-hybridized carbons (Fsp3) is 0.375. The van der Waals surface area contributed by atoms with Crippen molar-refractivity contribution in [3.63, 3.8) is 0 Å². The number of hydrogen-bond acceptors (Lipinski definition) is 5. The molecule has 0 saturated carbocycles. The summed E-state index contributed by atoms with van der Waals surface area (Å²) in [7, 11) is 0. The van der Waals surface area contributed by atoms with Crippen molar-refractivity contribution in [3.05, 3.63) is 76.9 Å². The zero-order valence-corrected chi connectivity index (χ0v) is 17.7. The second-order valence-corrected chi connectivity index (χ2v) is 7.93. The third kappa shape index (κ3) is 4.76. The Morgan fingerprint density at radius 3 is 2.65 bits per heavy atom. The predicted molar refractivity (Wildman–Crippen MR) is 116 cm³/mol. The summed E-state index contributed by atoms with van der Waals surface area (Å²) in [6.07, 6.45) is 5.48. The van der Waals surface area contributed by atoms with Crippen LogP contribution in [0, 0.1) is 5.82 Å². The Bertz CT molecular complexity index is 1050. The van der Waals surface area contributed by atoms with Gasteiger partial charge in [-0.15, -0.1) is 0 Å². The van der Waals surface area contributed by atoms with E-state index in [1.807, 2.05) is 41.3 Å². The number of furan rings is 1. The van der Waals surface area contributed by atoms with E-state index in [1.165, 1.54) is 6.33 Å². The van der Waals surface area contributed by atoms with E-state index in [-0.39, 0.29) is 24.2 Å². The van der Waals surface area contributed by atoms with Crippen LogP contribution in [0.2, 0.25) is 0 Å². The molecule has 1 fully saturated rings. The Hall–Kier alpha value is -3.22. The van der Waals surface area contributed by atoms with Gasteiger partial charge in [-0.2, -0.15) is 0 Å². The maximum atomic E-state index is 15.3. The van der Waals surface area contributed by atoms with Gasteiger partial charge in [0, 0.05) is 13.0 Å². The van der Waals surface area contributed by atoms with Crippen LogP contribution in [0.5, 0.6) is 0 Å². The molecule has 1 atom stereocenters. The normalized spacial score (nSPS) is 16.1. The number of amides is 1. The molecule has 162 valence electrons. The second kappa shape index (κ2) is 9.29. The number of rotatable bonds is 8. The van der Waals surface area contributed by atoms with Crippen molar-refractivity contribution < 1.29 is 13.6 Å². The monoisotopic (exact) mass is 422 g/mol. The Labute approximate surface area is 181 Å². The molecule has 0 radical (unpaired) electrons. The van der Waals surface area contributed by atoms with Gasteiger partial charge in [-0.3, -0.25) is 4.79 Å². The highest BCUT2D eigenvalue weighted by Gasteiger charge is 2.32. The fourth-order valence-corrected chi connectivity index (χ4v) is 4.14. The summed E-state index contributed by atoms with van der Waals surface area (Å²) in [4.78, 5) is 21.5. The van der Waals surface area contributed by atoms with Gasteiger partial charge < -0.3 is 15.1 Å². The number of primary amides is 1. The second-order valence-electron chi connectivity index (χ2n) is 7.93. The number of nitrogens with two attached hydrogens (primary N) is 1. The summed E-state index contributed by atoms with van der Waals surface area (Å²) in [5, 5.41) is 0. The first-order valence-electron chi connectivity index (χ1n) is 10.8. The minimum Gasteiger partial charge on any atom is -0.464 e. The van der Waals surface area contributed by atoms with Crippen LogP contribution in [0.25, 0.3) is 0 Å². The SMILES string of the molecule is CCc1ccc(C2CCCN2c2ncnc(CCc3ccc(CC(N)=O)cc3)c2F)o1. The highest BCUT2D eigenvalue weighted by atomic mass is 19.1. The first-order valence-corrected chi connectivity index (χ1v) is 10.8. The Morgan fingerprint density at radius 1 is 1.16 bits per heavy atom. The number of aryl methyl sites for hydroxylation is 3. The van der Waals surface area contributed by atoms with Crippen molar-refractivity contribution in [1.29, 1.82) is 0 Å². The van der Waals surface area contributed by atoms with Crippen molar-refractivity contribution in [2.75, 3.05) is 11.4 Å². The van der Waals surface area contributed by atoms with Crippen LogP contribution >= 0.6 is 0 Å². The number of nitrogens with zero attached hydrogens (tertiary/aromatic N) is 3. The van der Waals surface area contributed by atoms with E-state index in [4.69, 9.17) is 10.2 Å². The summed E-state index contributed by atoms with van der Waals surface area (Å²) in [6, 6.07) is 11.6. The Kier molecular flexibility index (Phi) is 6.30. The summed E-state index contributed by atoms with van der Waals surface area (Å²) in [6.45, 7) is 2.79. The third-order valence-corrected chi connectivity index (χ3v) is 5.78. The van der Waals surface area contributed by atoms with E-state index < -0.39 is 0 Å². The maximum absolute atomic E-state index is 15.3. The number of carbonyl (C=O) groups is 1. The van der Waals surface area contributed by atoms with Crippen molar-refractivity contribution in [2.24, 2.45) is 5.73 Å². The minimum atomic E-state index is -0.359. The molecule has 3 heterocycles. The molecule has 0 bridgehead atoms. The Balaban J connectivity index is 1.48. The van der Waals surface area contributed by atoms with Crippen LogP contribution in [0.1, 0.15) is 54.1 Å². The lowest BCUT2D eigenvalue weighted by atomic mass is 10.0. The van der Waals surface area contributed by atoms with Gasteiger partial charge in [0.25, 0.3) is 0 Å². The van der Waals surface area contributed by atoms with Gasteiger partial charge in [0.15, 0.2) is 11.6 Å². The molecule has 1 aromatic carbocycles. The quantitative estimate of drug-likeness (QED) is 0.595. The van der Waals surface area contributed by atoms with Gasteiger partial charge in [0.05, 0.1) is 18.2 Å². The molecule has 7 heteroatoms. The predicted octanol–water partition coefficient (Wildman–Crippen LogP) is 3.93. The highest BCUT2D eigenvalue weighted by molar-refractivity contribution is 5.76. The molecule has 1 aliphatic rings. The van der Waals surface area contributed by atoms with E-state index >= 15 is 4.39 Å². The topological polar surface area (TPSA) is 85.3 Å². The minimum absolute atomic E-state index is 0.00431. The van der Waals surface area contributed by atoms with Gasteiger partial charge in [0.1, 0.15) is 17.8 Å². The fourth-order valence-electron chi connectivity index (χ4n) is 4.14. The van der Waals surface area contributed by atoms with E-state index in [0.717, 1.165) is 48.5 Å². The third-order valence-electron chi connectivity index (χ3n) is 5.78. The van der Waals surface area contributed by atoms with Crippen LogP contribution in [-0.2, 0) is 30.5 Å². The molecule has 31 heavy (non-hydrogen) atoms. The highest BCUT2D eigenvalue weighted by Crippen LogP contribution is 2.37. The van der Waals surface area contributed by atoms with E-state index in [9.17, 15) is 4.79 Å². The van der Waals surface area contributed by atoms with Crippen molar-refractivity contribution in [2.45, 2.75) is 51.5 Å². The first-order chi connectivity index (χ1) is 15.0. The van der Waals surface area contributed by atoms with Gasteiger partial charge in [-0.05, 0) is 48.9 Å². The van der Waals surface area contributed by atoms with Crippen LogP contribution in [0.3, 0.4) is 0 Å². The number of anilines is 1. The summed E-state index contributed by atoms with van der Waals surface area (Å²) in [5.74, 6) is 1.43. The zero-order valence-electron chi connectivity index (χ0n) is 17.7. The number of hydrogen-bond donors (Lipinski definition) is 1. The van der Waals surface area contributed by atoms with Crippen molar-refractivity contribution in [3.8, 4) is 0 Å². The number of carbonyl (C=O) groups excluding carboxylic acids is 1. The largest absolute Gasteiger partial charge is 0.464 e. The van der Waals surface area contributed by atoms with Crippen LogP contribution in [0.15, 0.2) is 47.1 Å². The summed E-state index contributed by atoms with van der Waals surface area (Å²) in [5.41, 5.74) is 7.56. The molecule has 1 saturated heterocycles. The van der Waals surface area contributed by atoms with Gasteiger partial charge >= 0.3 is 0 Å². The van der Waals surface area contributed by atoms with Crippen molar-refractivity contribution >= 4 is 11.7 Å². The van der Waals surface area contributed by atoms with Crippen LogP contribution < -0.4 is 10.6 Å². The Morgan fingerprint density at radius 2 is 1.94 bits per heavy atom. The molecule has 2 N–H and O–H groups in total. The lowest BCUT2D eigenvalue weighted by Crippen LogP contribution is -2.25. The van der Waals surface area contributed by atoms with Gasteiger partial charge in [-0.1, -0.05) is 31.2 Å². The zero-order chi connectivity index (χ0) is 21.8. The molecule has 1 amide bonds. The average molecular weight is 423 g/mol. The van der Waals surface area contributed by atoms with Crippen molar-refractivity contribution in [1.82, 2.24) is 9.97 Å². The number of benzene rings is 1. The molecular formula is C24H27FN4O2. The first kappa shape index (κ1) is 21.0. The van der Waals surface area contributed by atoms with Gasteiger partial charge in [0.2, 0.25) is 5.91 Å². The maximum Gasteiger partial charge on any atom is 0.221 e. The van der Waals surface area contributed by atoms with E-state index in [1.54, 1.807) is 0 Å². The summed E-state index contributed by atoms with van der Waals surface area (Å²) >= 11 is 0. The summed E-state index contributed by atoms with van der Waals surface area (Å²) < 4.78 is 21.3. The van der Waals surface area contributed by atoms with Crippen LogP contribution in [-0.4, -0.2) is 22.4 Å². The molecule has 4 rings (SSSR count). The standard InChI is InChI=1S/C24H27FN4O2/c1-2-18-10-12-21(31-18)20-4-3-13-29(20)24-23(25)19(27-15-28-24)11-9-16-5-7-17(8-6-16)14-22(26)30/h5-8,10,12,15,20H,2-4,9,11,13-14H2,1H3,(H2,26,30). The molecule has 1 unspecified atom stereocenters. The molecule has 6 nitrogen and oxygen atoms in total. The average Bonchev–Trinajstić information content (AvgIpc) is 3.43. The smallest absolute Gasteiger partial charge is 0.221 e. The lowest BCUT2D eigenvalue weighted by molar-refractivity contribution is -0.117. The molecule has 0 aliphatic carbocycles.